The third-order valence-corrected chi connectivity index (χ3v) is 6.51. The molecule has 0 amide bonds. The van der Waals surface area contributed by atoms with E-state index < -0.39 is 0 Å². The Morgan fingerprint density at radius 1 is 0.844 bits per heavy atom. The van der Waals surface area contributed by atoms with Crippen LogP contribution in [0.4, 0.5) is 0 Å². The van der Waals surface area contributed by atoms with Crippen molar-refractivity contribution in [3.8, 4) is 16.9 Å². The molecule has 0 bridgehead atoms. The van der Waals surface area contributed by atoms with Gasteiger partial charge in [0.25, 0.3) is 0 Å². The Kier molecular flexibility index (Phi) is 4.67. The minimum absolute atomic E-state index is 0.0247. The van der Waals surface area contributed by atoms with Gasteiger partial charge in [0, 0.05) is 48.0 Å². The molecular formula is C29H30N3+. The molecule has 0 aliphatic heterocycles. The van der Waals surface area contributed by atoms with Crippen molar-refractivity contribution in [2.45, 2.75) is 40.0 Å². The zero-order chi connectivity index (χ0) is 22.6. The van der Waals surface area contributed by atoms with Crippen molar-refractivity contribution in [2.24, 2.45) is 7.05 Å². The summed E-state index contributed by atoms with van der Waals surface area (Å²) in [6.07, 6.45) is 2.27. The molecule has 3 nitrogen and oxygen atoms in total. The van der Waals surface area contributed by atoms with Crippen LogP contribution in [0.5, 0.6) is 0 Å². The van der Waals surface area contributed by atoms with Gasteiger partial charge in [-0.15, -0.1) is 0 Å². The molecule has 5 rings (SSSR count). The van der Waals surface area contributed by atoms with Crippen LogP contribution in [-0.2, 0) is 12.5 Å². The molecule has 3 aromatic carbocycles. The lowest BCUT2D eigenvalue weighted by Crippen LogP contribution is -2.35. The van der Waals surface area contributed by atoms with E-state index in [1.54, 1.807) is 0 Å². The van der Waals surface area contributed by atoms with Crippen molar-refractivity contribution in [1.82, 2.24) is 9.78 Å². The van der Waals surface area contributed by atoms with E-state index in [1.807, 2.05) is 11.7 Å². The Morgan fingerprint density at radius 3 is 2.28 bits per heavy atom. The number of rotatable bonds is 2. The molecule has 32 heavy (non-hydrogen) atoms. The van der Waals surface area contributed by atoms with Crippen LogP contribution < -0.4 is 4.57 Å². The summed E-state index contributed by atoms with van der Waals surface area (Å²) < 4.78 is 4.37. The van der Waals surface area contributed by atoms with E-state index in [4.69, 9.17) is 5.10 Å². The Labute approximate surface area is 190 Å². The molecule has 0 spiro atoms. The number of fused-ring (bicyclic) bond motifs is 2. The lowest BCUT2D eigenvalue weighted by atomic mass is 9.83. The van der Waals surface area contributed by atoms with Crippen LogP contribution in [0, 0.1) is 13.8 Å². The lowest BCUT2D eigenvalue weighted by molar-refractivity contribution is -0.601. The molecule has 2 heterocycles. The first kappa shape index (κ1) is 20.4. The number of aromatic nitrogens is 3. The lowest BCUT2D eigenvalue weighted by Gasteiger charge is -2.22. The van der Waals surface area contributed by atoms with Crippen LogP contribution in [0.15, 0.2) is 72.9 Å². The SMILES string of the molecule is Cc1c(-c2c3ccccc3nn2C)cc(C(C)(C)C)cc1-[n+]1cc2ccccc2cc1C. The van der Waals surface area contributed by atoms with Crippen LogP contribution in [0.1, 0.15) is 37.6 Å². The van der Waals surface area contributed by atoms with Gasteiger partial charge in [-0.3, -0.25) is 4.68 Å². The molecule has 0 aliphatic rings. The third kappa shape index (κ3) is 3.29. The number of aryl methyl sites for hydroxylation is 2. The molecule has 0 aliphatic carbocycles. The van der Waals surface area contributed by atoms with Crippen molar-refractivity contribution < 1.29 is 4.57 Å². The molecule has 0 atom stereocenters. The Bertz CT molecular complexity index is 1480. The second-order valence-corrected chi connectivity index (χ2v) is 9.82. The van der Waals surface area contributed by atoms with E-state index in [9.17, 15) is 0 Å². The van der Waals surface area contributed by atoms with Gasteiger partial charge in [-0.1, -0.05) is 57.2 Å². The highest BCUT2D eigenvalue weighted by Crippen LogP contribution is 2.36. The van der Waals surface area contributed by atoms with Gasteiger partial charge in [-0.2, -0.15) is 9.67 Å². The van der Waals surface area contributed by atoms with Crippen molar-refractivity contribution in [1.29, 1.82) is 0 Å². The van der Waals surface area contributed by atoms with Crippen LogP contribution in [-0.4, -0.2) is 9.78 Å². The van der Waals surface area contributed by atoms with Crippen molar-refractivity contribution in [3.63, 3.8) is 0 Å². The highest BCUT2D eigenvalue weighted by Gasteiger charge is 2.25. The molecule has 0 radical (unpaired) electrons. The summed E-state index contributed by atoms with van der Waals surface area (Å²) in [5.74, 6) is 0. The first-order valence-corrected chi connectivity index (χ1v) is 11.2. The average molecular weight is 421 g/mol. The summed E-state index contributed by atoms with van der Waals surface area (Å²) in [5.41, 5.74) is 8.49. The fraction of sp³-hybridized carbons (Fsp3) is 0.241. The quantitative estimate of drug-likeness (QED) is 0.295. The average Bonchev–Trinajstić information content (AvgIpc) is 3.08. The molecule has 0 fully saturated rings. The minimum atomic E-state index is 0.0247. The van der Waals surface area contributed by atoms with Crippen LogP contribution in [0.25, 0.3) is 38.6 Å². The van der Waals surface area contributed by atoms with Gasteiger partial charge in [-0.05, 0) is 41.5 Å². The van der Waals surface area contributed by atoms with Gasteiger partial charge >= 0.3 is 0 Å². The minimum Gasteiger partial charge on any atom is -0.267 e. The van der Waals surface area contributed by atoms with Gasteiger partial charge in [0.1, 0.15) is 0 Å². The van der Waals surface area contributed by atoms with Gasteiger partial charge in [0.2, 0.25) is 5.69 Å². The predicted octanol–water partition coefficient (Wildman–Crippen LogP) is 6.58. The highest BCUT2D eigenvalue weighted by atomic mass is 15.3. The first-order chi connectivity index (χ1) is 15.2. The highest BCUT2D eigenvalue weighted by molar-refractivity contribution is 5.94. The maximum atomic E-state index is 4.79. The van der Waals surface area contributed by atoms with E-state index >= 15 is 0 Å². The van der Waals surface area contributed by atoms with Crippen LogP contribution in [0.3, 0.4) is 0 Å². The standard InChI is InChI=1S/C29H30N3/c1-19-15-21-11-7-8-12-22(21)18-32(19)27-17-23(29(3,4)5)16-25(20(27)2)28-24-13-9-10-14-26(24)30-31(28)6/h7-18H,1-6H3/q+1. The summed E-state index contributed by atoms with van der Waals surface area (Å²) in [7, 11) is 2.05. The summed E-state index contributed by atoms with van der Waals surface area (Å²) >= 11 is 0. The summed E-state index contributed by atoms with van der Waals surface area (Å²) in [6.45, 7) is 11.3. The van der Waals surface area contributed by atoms with E-state index in [1.165, 1.54) is 49.9 Å². The summed E-state index contributed by atoms with van der Waals surface area (Å²) in [5, 5.41) is 8.49. The Balaban J connectivity index is 1.86. The maximum Gasteiger partial charge on any atom is 0.214 e. The third-order valence-electron chi connectivity index (χ3n) is 6.51. The van der Waals surface area contributed by atoms with Crippen LogP contribution in [0.2, 0.25) is 0 Å². The Morgan fingerprint density at radius 2 is 1.53 bits per heavy atom. The number of benzene rings is 3. The largest absolute Gasteiger partial charge is 0.267 e. The molecule has 160 valence electrons. The van der Waals surface area contributed by atoms with E-state index in [-0.39, 0.29) is 5.41 Å². The van der Waals surface area contributed by atoms with Gasteiger partial charge in [0.05, 0.1) is 11.2 Å². The molecule has 0 saturated heterocycles. The van der Waals surface area contributed by atoms with Crippen molar-refractivity contribution in [3.05, 3.63) is 89.7 Å². The molecule has 3 heteroatoms. The molecular weight excluding hydrogens is 390 g/mol. The zero-order valence-electron chi connectivity index (χ0n) is 19.8. The first-order valence-electron chi connectivity index (χ1n) is 11.2. The number of hydrogen-bond donors (Lipinski definition) is 0. The molecule has 2 aromatic heterocycles. The smallest absolute Gasteiger partial charge is 0.214 e. The summed E-state index contributed by atoms with van der Waals surface area (Å²) in [6, 6.07) is 24.0. The molecule has 0 saturated carbocycles. The van der Waals surface area contributed by atoms with Gasteiger partial charge in [0.15, 0.2) is 11.9 Å². The summed E-state index contributed by atoms with van der Waals surface area (Å²) in [4.78, 5) is 0. The van der Waals surface area contributed by atoms with E-state index in [0.29, 0.717) is 0 Å². The second kappa shape index (κ2) is 7.30. The fourth-order valence-electron chi connectivity index (χ4n) is 4.65. The number of pyridine rings is 1. The molecule has 0 unspecified atom stereocenters. The van der Waals surface area contributed by atoms with Gasteiger partial charge in [-0.25, -0.2) is 0 Å². The number of hydrogen-bond acceptors (Lipinski definition) is 1. The van der Waals surface area contributed by atoms with Crippen molar-refractivity contribution >= 4 is 21.7 Å². The topological polar surface area (TPSA) is 21.7 Å². The van der Waals surface area contributed by atoms with Crippen LogP contribution >= 0.6 is 0 Å². The maximum absolute atomic E-state index is 4.79. The van der Waals surface area contributed by atoms with Gasteiger partial charge < -0.3 is 0 Å². The number of nitrogens with zero attached hydrogens (tertiary/aromatic N) is 3. The Hall–Kier alpha value is -3.46. The molecule has 0 N–H and O–H groups in total. The second-order valence-electron chi connectivity index (χ2n) is 9.82. The normalized spacial score (nSPS) is 12.1. The monoisotopic (exact) mass is 420 g/mol. The predicted molar refractivity (Wildman–Crippen MR) is 133 cm³/mol. The molecule has 5 aromatic rings. The fourth-order valence-corrected chi connectivity index (χ4v) is 4.65. The van der Waals surface area contributed by atoms with Crippen molar-refractivity contribution in [2.75, 3.05) is 0 Å². The zero-order valence-corrected chi connectivity index (χ0v) is 19.8. The van der Waals surface area contributed by atoms with E-state index in [2.05, 4.69) is 112 Å². The van der Waals surface area contributed by atoms with E-state index in [0.717, 1.165) is 5.52 Å².